The van der Waals surface area contributed by atoms with Crippen LogP contribution in [0.5, 0.6) is 0 Å². The standard InChI is InChI=1S/C14H17ClN2O2/c1-3-17-8-10(6-13(17)18)14(19)16-11-5-4-9(2)12(15)7-11/h4-5,7,10H,3,6,8H2,1-2H3,(H,16,19)/t10-/m1/s1. The summed E-state index contributed by atoms with van der Waals surface area (Å²) in [5.41, 5.74) is 1.64. The van der Waals surface area contributed by atoms with Crippen LogP contribution in [0.1, 0.15) is 18.9 Å². The average Bonchev–Trinajstić information content (AvgIpc) is 2.75. The Morgan fingerprint density at radius 2 is 2.26 bits per heavy atom. The normalized spacial score (nSPS) is 18.8. The van der Waals surface area contributed by atoms with Crippen molar-refractivity contribution in [2.24, 2.45) is 5.92 Å². The zero-order valence-electron chi connectivity index (χ0n) is 11.1. The number of halogens is 1. The van der Waals surface area contributed by atoms with E-state index in [0.717, 1.165) is 5.56 Å². The number of anilines is 1. The monoisotopic (exact) mass is 280 g/mol. The van der Waals surface area contributed by atoms with Crippen LogP contribution < -0.4 is 5.32 Å². The van der Waals surface area contributed by atoms with Crippen molar-refractivity contribution in [3.63, 3.8) is 0 Å². The van der Waals surface area contributed by atoms with Crippen LogP contribution in [0, 0.1) is 12.8 Å². The molecule has 1 fully saturated rings. The van der Waals surface area contributed by atoms with E-state index in [0.29, 0.717) is 30.2 Å². The summed E-state index contributed by atoms with van der Waals surface area (Å²) in [5.74, 6) is -0.346. The number of carbonyl (C=O) groups is 2. The Hall–Kier alpha value is -1.55. The molecular formula is C14H17ClN2O2. The van der Waals surface area contributed by atoms with E-state index in [1.165, 1.54) is 0 Å². The fraction of sp³-hybridized carbons (Fsp3) is 0.429. The number of carbonyl (C=O) groups excluding carboxylic acids is 2. The molecule has 0 aliphatic carbocycles. The fourth-order valence-corrected chi connectivity index (χ4v) is 2.35. The molecule has 1 aliphatic rings. The molecule has 19 heavy (non-hydrogen) atoms. The molecule has 1 aromatic rings. The number of amides is 2. The van der Waals surface area contributed by atoms with Gasteiger partial charge in [0.1, 0.15) is 0 Å². The van der Waals surface area contributed by atoms with Crippen LogP contribution in [0.3, 0.4) is 0 Å². The molecule has 0 radical (unpaired) electrons. The molecule has 0 spiro atoms. The minimum absolute atomic E-state index is 0.0459. The van der Waals surface area contributed by atoms with E-state index in [-0.39, 0.29) is 17.7 Å². The molecule has 1 N–H and O–H groups in total. The zero-order chi connectivity index (χ0) is 14.0. The highest BCUT2D eigenvalue weighted by molar-refractivity contribution is 6.31. The lowest BCUT2D eigenvalue weighted by Crippen LogP contribution is -2.28. The number of benzene rings is 1. The first-order valence-corrected chi connectivity index (χ1v) is 6.74. The Morgan fingerprint density at radius 1 is 1.53 bits per heavy atom. The molecular weight excluding hydrogens is 264 g/mol. The molecule has 5 heteroatoms. The number of hydrogen-bond acceptors (Lipinski definition) is 2. The summed E-state index contributed by atoms with van der Waals surface area (Å²) in [4.78, 5) is 25.4. The third-order valence-corrected chi connectivity index (χ3v) is 3.81. The second-order valence-electron chi connectivity index (χ2n) is 4.79. The molecule has 1 aromatic carbocycles. The predicted molar refractivity (Wildman–Crippen MR) is 75.2 cm³/mol. The molecule has 1 saturated heterocycles. The highest BCUT2D eigenvalue weighted by Crippen LogP contribution is 2.23. The van der Waals surface area contributed by atoms with Crippen molar-refractivity contribution in [3.05, 3.63) is 28.8 Å². The van der Waals surface area contributed by atoms with Crippen LogP contribution in [0.25, 0.3) is 0 Å². The van der Waals surface area contributed by atoms with Crippen molar-refractivity contribution in [3.8, 4) is 0 Å². The molecule has 2 rings (SSSR count). The molecule has 2 amide bonds. The smallest absolute Gasteiger partial charge is 0.229 e. The van der Waals surface area contributed by atoms with E-state index >= 15 is 0 Å². The number of hydrogen-bond donors (Lipinski definition) is 1. The molecule has 0 unspecified atom stereocenters. The van der Waals surface area contributed by atoms with Crippen LogP contribution in [0.15, 0.2) is 18.2 Å². The maximum absolute atomic E-state index is 12.1. The van der Waals surface area contributed by atoms with Crippen molar-refractivity contribution in [1.29, 1.82) is 0 Å². The number of likely N-dealkylation sites (tertiary alicyclic amines) is 1. The zero-order valence-corrected chi connectivity index (χ0v) is 11.8. The Balaban J connectivity index is 2.02. The van der Waals surface area contributed by atoms with Gasteiger partial charge >= 0.3 is 0 Å². The highest BCUT2D eigenvalue weighted by atomic mass is 35.5. The summed E-state index contributed by atoms with van der Waals surface area (Å²) in [6.07, 6.45) is 0.291. The predicted octanol–water partition coefficient (Wildman–Crippen LogP) is 2.46. The Labute approximate surface area is 117 Å². The second kappa shape index (κ2) is 5.61. The van der Waals surface area contributed by atoms with Gasteiger partial charge in [-0.2, -0.15) is 0 Å². The van der Waals surface area contributed by atoms with Gasteiger partial charge in [-0.1, -0.05) is 17.7 Å². The van der Waals surface area contributed by atoms with Gasteiger partial charge in [-0.15, -0.1) is 0 Å². The maximum Gasteiger partial charge on any atom is 0.229 e. The average molecular weight is 281 g/mol. The van der Waals surface area contributed by atoms with E-state index in [1.807, 2.05) is 26.0 Å². The molecule has 1 atom stereocenters. The van der Waals surface area contributed by atoms with Crippen molar-refractivity contribution in [1.82, 2.24) is 4.90 Å². The summed E-state index contributed by atoms with van der Waals surface area (Å²) in [5, 5.41) is 3.44. The lowest BCUT2D eigenvalue weighted by Gasteiger charge is -2.14. The van der Waals surface area contributed by atoms with Crippen LogP contribution in [0.4, 0.5) is 5.69 Å². The summed E-state index contributed by atoms with van der Waals surface area (Å²) in [6, 6.07) is 5.40. The molecule has 1 heterocycles. The van der Waals surface area contributed by atoms with Gasteiger partial charge in [-0.3, -0.25) is 9.59 Å². The number of nitrogens with one attached hydrogen (secondary N) is 1. The molecule has 1 aliphatic heterocycles. The van der Waals surface area contributed by atoms with E-state index < -0.39 is 0 Å². The minimum Gasteiger partial charge on any atom is -0.342 e. The van der Waals surface area contributed by atoms with Gasteiger partial charge in [-0.25, -0.2) is 0 Å². The van der Waals surface area contributed by atoms with Gasteiger partial charge in [-0.05, 0) is 31.5 Å². The summed E-state index contributed by atoms with van der Waals surface area (Å²) >= 11 is 6.01. The third kappa shape index (κ3) is 3.07. The largest absolute Gasteiger partial charge is 0.342 e. The number of rotatable bonds is 3. The van der Waals surface area contributed by atoms with Gasteiger partial charge in [0.2, 0.25) is 11.8 Å². The molecule has 4 nitrogen and oxygen atoms in total. The lowest BCUT2D eigenvalue weighted by molar-refractivity contribution is -0.128. The summed E-state index contributed by atoms with van der Waals surface area (Å²) in [7, 11) is 0. The van der Waals surface area contributed by atoms with Crippen LogP contribution in [0.2, 0.25) is 5.02 Å². The number of nitrogens with zero attached hydrogens (tertiary/aromatic N) is 1. The van der Waals surface area contributed by atoms with E-state index in [2.05, 4.69) is 5.32 Å². The Bertz CT molecular complexity index is 516. The maximum atomic E-state index is 12.1. The molecule has 0 bridgehead atoms. The van der Waals surface area contributed by atoms with Crippen molar-refractivity contribution in [2.75, 3.05) is 18.4 Å². The van der Waals surface area contributed by atoms with Crippen LogP contribution in [-0.2, 0) is 9.59 Å². The first kappa shape index (κ1) is 13.9. The summed E-state index contributed by atoms with van der Waals surface area (Å²) in [6.45, 7) is 4.97. The van der Waals surface area contributed by atoms with Crippen molar-refractivity contribution >= 4 is 29.1 Å². The Kier molecular flexibility index (Phi) is 4.10. The SMILES string of the molecule is CCN1C[C@H](C(=O)Nc2ccc(C)c(Cl)c2)CC1=O. The van der Waals surface area contributed by atoms with Gasteiger partial charge in [0.25, 0.3) is 0 Å². The molecule has 0 saturated carbocycles. The minimum atomic E-state index is -0.271. The molecule has 102 valence electrons. The topological polar surface area (TPSA) is 49.4 Å². The van der Waals surface area contributed by atoms with E-state index in [9.17, 15) is 9.59 Å². The van der Waals surface area contributed by atoms with Gasteiger partial charge in [0.05, 0.1) is 5.92 Å². The van der Waals surface area contributed by atoms with Gasteiger partial charge in [0.15, 0.2) is 0 Å². The van der Waals surface area contributed by atoms with Gasteiger partial charge < -0.3 is 10.2 Å². The highest BCUT2D eigenvalue weighted by Gasteiger charge is 2.33. The Morgan fingerprint density at radius 3 is 2.84 bits per heavy atom. The first-order valence-electron chi connectivity index (χ1n) is 6.36. The number of aryl methyl sites for hydroxylation is 1. The summed E-state index contributed by atoms with van der Waals surface area (Å²) < 4.78 is 0. The van der Waals surface area contributed by atoms with Gasteiger partial charge in [0, 0.05) is 30.2 Å². The first-order chi connectivity index (χ1) is 9.01. The van der Waals surface area contributed by atoms with E-state index in [1.54, 1.807) is 11.0 Å². The van der Waals surface area contributed by atoms with E-state index in [4.69, 9.17) is 11.6 Å². The molecule has 0 aromatic heterocycles. The lowest BCUT2D eigenvalue weighted by atomic mass is 10.1. The van der Waals surface area contributed by atoms with Crippen LogP contribution in [-0.4, -0.2) is 29.8 Å². The fourth-order valence-electron chi connectivity index (χ4n) is 2.17. The van der Waals surface area contributed by atoms with Crippen molar-refractivity contribution in [2.45, 2.75) is 20.3 Å². The second-order valence-corrected chi connectivity index (χ2v) is 5.19. The van der Waals surface area contributed by atoms with Crippen molar-refractivity contribution < 1.29 is 9.59 Å². The van der Waals surface area contributed by atoms with Crippen LogP contribution >= 0.6 is 11.6 Å². The quantitative estimate of drug-likeness (QED) is 0.925. The third-order valence-electron chi connectivity index (χ3n) is 3.41.